The summed E-state index contributed by atoms with van der Waals surface area (Å²) in [6.45, 7) is 4.40. The smallest absolute Gasteiger partial charge is 0.248 e. The standard InChI is InChI=1S/C13H22N2O4S/c1-3-13(2)12(17)15(6-4-11(16)14-13)8-10-5-7-20(18,19)9-10/h10H,3-9H2,1-2H3,(H,14,16). The van der Waals surface area contributed by atoms with Crippen LogP contribution in [0.4, 0.5) is 0 Å². The fourth-order valence-corrected chi connectivity index (χ4v) is 4.70. The molecule has 114 valence electrons. The van der Waals surface area contributed by atoms with E-state index in [0.717, 1.165) is 0 Å². The maximum atomic E-state index is 12.6. The van der Waals surface area contributed by atoms with Gasteiger partial charge in [-0.2, -0.15) is 0 Å². The van der Waals surface area contributed by atoms with E-state index < -0.39 is 15.4 Å². The van der Waals surface area contributed by atoms with Crippen molar-refractivity contribution in [1.82, 2.24) is 10.2 Å². The Labute approximate surface area is 119 Å². The minimum absolute atomic E-state index is 0.00161. The Balaban J connectivity index is 2.10. The molecule has 0 aromatic carbocycles. The number of hydrogen-bond donors (Lipinski definition) is 1. The van der Waals surface area contributed by atoms with E-state index in [2.05, 4.69) is 5.32 Å². The Morgan fingerprint density at radius 3 is 2.65 bits per heavy atom. The van der Waals surface area contributed by atoms with E-state index in [9.17, 15) is 18.0 Å². The molecule has 6 nitrogen and oxygen atoms in total. The predicted octanol–water partition coefficient (Wildman–Crippen LogP) is -0.0617. The second-order valence-corrected chi connectivity index (χ2v) is 8.23. The molecule has 2 heterocycles. The molecule has 0 aromatic rings. The maximum absolute atomic E-state index is 12.6. The molecule has 7 heteroatoms. The summed E-state index contributed by atoms with van der Waals surface area (Å²) in [5, 5.41) is 2.78. The number of sulfone groups is 1. The van der Waals surface area contributed by atoms with Crippen molar-refractivity contribution in [1.29, 1.82) is 0 Å². The first kappa shape index (κ1) is 15.3. The molecule has 2 fully saturated rings. The lowest BCUT2D eigenvalue weighted by atomic mass is 9.96. The van der Waals surface area contributed by atoms with E-state index in [1.807, 2.05) is 6.92 Å². The van der Waals surface area contributed by atoms with Crippen LogP contribution < -0.4 is 5.32 Å². The fraction of sp³-hybridized carbons (Fsp3) is 0.846. The lowest BCUT2D eigenvalue weighted by Crippen LogP contribution is -2.55. The molecule has 2 aliphatic heterocycles. The number of rotatable bonds is 3. The van der Waals surface area contributed by atoms with Gasteiger partial charge in [-0.25, -0.2) is 8.42 Å². The van der Waals surface area contributed by atoms with Crippen molar-refractivity contribution >= 4 is 21.7 Å². The zero-order valence-corrected chi connectivity index (χ0v) is 12.8. The van der Waals surface area contributed by atoms with Crippen LogP contribution in [0.2, 0.25) is 0 Å². The van der Waals surface area contributed by atoms with E-state index in [1.54, 1.807) is 11.8 Å². The van der Waals surface area contributed by atoms with Crippen molar-refractivity contribution < 1.29 is 18.0 Å². The van der Waals surface area contributed by atoms with Crippen molar-refractivity contribution in [3.05, 3.63) is 0 Å². The first-order valence-electron chi connectivity index (χ1n) is 7.06. The maximum Gasteiger partial charge on any atom is 0.248 e. The third-order valence-corrected chi connectivity index (χ3v) is 6.13. The first-order chi connectivity index (χ1) is 9.26. The van der Waals surface area contributed by atoms with Crippen LogP contribution in [0.1, 0.15) is 33.1 Å². The van der Waals surface area contributed by atoms with Gasteiger partial charge in [-0.15, -0.1) is 0 Å². The Kier molecular flexibility index (Phi) is 4.09. The molecule has 1 N–H and O–H groups in total. The number of amides is 2. The van der Waals surface area contributed by atoms with Crippen LogP contribution in [0.25, 0.3) is 0 Å². The summed E-state index contributed by atoms with van der Waals surface area (Å²) in [4.78, 5) is 25.9. The summed E-state index contributed by atoms with van der Waals surface area (Å²) in [6.07, 6.45) is 1.41. The highest BCUT2D eigenvalue weighted by Gasteiger charge is 2.40. The topological polar surface area (TPSA) is 83.6 Å². The van der Waals surface area contributed by atoms with Gasteiger partial charge in [0, 0.05) is 19.5 Å². The van der Waals surface area contributed by atoms with Gasteiger partial charge in [-0.1, -0.05) is 6.92 Å². The van der Waals surface area contributed by atoms with Gasteiger partial charge in [-0.3, -0.25) is 9.59 Å². The second kappa shape index (κ2) is 5.35. The normalized spacial score (nSPS) is 33.9. The molecule has 2 aliphatic rings. The van der Waals surface area contributed by atoms with Crippen LogP contribution in [0, 0.1) is 5.92 Å². The fourth-order valence-electron chi connectivity index (χ4n) is 2.85. The predicted molar refractivity (Wildman–Crippen MR) is 74.8 cm³/mol. The molecule has 0 aromatic heterocycles. The molecule has 2 atom stereocenters. The van der Waals surface area contributed by atoms with Crippen molar-refractivity contribution in [2.75, 3.05) is 24.6 Å². The van der Waals surface area contributed by atoms with Crippen LogP contribution in [0.3, 0.4) is 0 Å². The zero-order chi connectivity index (χ0) is 15.0. The van der Waals surface area contributed by atoms with E-state index in [0.29, 0.717) is 25.9 Å². The van der Waals surface area contributed by atoms with Gasteiger partial charge in [0.15, 0.2) is 9.84 Å². The van der Waals surface area contributed by atoms with Crippen LogP contribution in [-0.2, 0) is 19.4 Å². The Bertz CT molecular complexity index is 516. The van der Waals surface area contributed by atoms with Gasteiger partial charge < -0.3 is 10.2 Å². The molecule has 2 rings (SSSR count). The third kappa shape index (κ3) is 3.13. The van der Waals surface area contributed by atoms with Gasteiger partial charge >= 0.3 is 0 Å². The summed E-state index contributed by atoms with van der Waals surface area (Å²) in [5.74, 6) is 0.140. The molecule has 2 amide bonds. The average molecular weight is 302 g/mol. The average Bonchev–Trinajstić information content (AvgIpc) is 2.67. The summed E-state index contributed by atoms with van der Waals surface area (Å²) in [6, 6.07) is 0. The number of carbonyl (C=O) groups is 2. The highest BCUT2D eigenvalue weighted by atomic mass is 32.2. The minimum atomic E-state index is -2.94. The third-order valence-electron chi connectivity index (χ3n) is 4.30. The molecule has 0 aliphatic carbocycles. The monoisotopic (exact) mass is 302 g/mol. The van der Waals surface area contributed by atoms with Crippen molar-refractivity contribution in [3.63, 3.8) is 0 Å². The number of nitrogens with one attached hydrogen (secondary N) is 1. The van der Waals surface area contributed by atoms with Crippen LogP contribution >= 0.6 is 0 Å². The largest absolute Gasteiger partial charge is 0.342 e. The molecular formula is C13H22N2O4S. The second-order valence-electron chi connectivity index (χ2n) is 6.00. The summed E-state index contributed by atoms with van der Waals surface area (Å²) in [7, 11) is -2.94. The van der Waals surface area contributed by atoms with E-state index in [1.165, 1.54) is 0 Å². The molecule has 0 bridgehead atoms. The van der Waals surface area contributed by atoms with E-state index in [-0.39, 0.29) is 35.7 Å². The molecule has 2 saturated heterocycles. The Morgan fingerprint density at radius 1 is 1.40 bits per heavy atom. The van der Waals surface area contributed by atoms with Gasteiger partial charge in [0.05, 0.1) is 11.5 Å². The number of nitrogens with zero attached hydrogens (tertiary/aromatic N) is 1. The number of carbonyl (C=O) groups excluding carboxylic acids is 2. The van der Waals surface area contributed by atoms with Crippen LogP contribution in [0.15, 0.2) is 0 Å². The van der Waals surface area contributed by atoms with Crippen LogP contribution in [-0.4, -0.2) is 55.3 Å². The summed E-state index contributed by atoms with van der Waals surface area (Å²) in [5.41, 5.74) is -0.870. The molecule has 0 saturated carbocycles. The molecule has 0 spiro atoms. The highest BCUT2D eigenvalue weighted by Crippen LogP contribution is 2.23. The lowest BCUT2D eigenvalue weighted by Gasteiger charge is -2.32. The van der Waals surface area contributed by atoms with Crippen LogP contribution in [0.5, 0.6) is 0 Å². The zero-order valence-electron chi connectivity index (χ0n) is 12.0. The van der Waals surface area contributed by atoms with Gasteiger partial charge in [0.2, 0.25) is 11.8 Å². The summed E-state index contributed by atoms with van der Waals surface area (Å²) >= 11 is 0. The Morgan fingerprint density at radius 2 is 2.10 bits per heavy atom. The van der Waals surface area contributed by atoms with Gasteiger partial charge in [-0.05, 0) is 25.7 Å². The SMILES string of the molecule is CCC1(C)NC(=O)CCN(CC2CCS(=O)(=O)C2)C1=O. The molecule has 2 unspecified atom stereocenters. The van der Waals surface area contributed by atoms with Crippen molar-refractivity contribution in [3.8, 4) is 0 Å². The molecular weight excluding hydrogens is 280 g/mol. The first-order valence-corrected chi connectivity index (χ1v) is 8.89. The van der Waals surface area contributed by atoms with Crippen molar-refractivity contribution in [2.45, 2.75) is 38.6 Å². The van der Waals surface area contributed by atoms with E-state index >= 15 is 0 Å². The summed E-state index contributed by atoms with van der Waals surface area (Å²) < 4.78 is 23.0. The van der Waals surface area contributed by atoms with Gasteiger partial charge in [0.25, 0.3) is 0 Å². The molecule has 0 radical (unpaired) electrons. The van der Waals surface area contributed by atoms with Crippen molar-refractivity contribution in [2.24, 2.45) is 5.92 Å². The van der Waals surface area contributed by atoms with E-state index in [4.69, 9.17) is 0 Å². The van der Waals surface area contributed by atoms with Gasteiger partial charge in [0.1, 0.15) is 5.54 Å². The number of hydrogen-bond acceptors (Lipinski definition) is 4. The Hall–Kier alpha value is -1.11. The molecule has 20 heavy (non-hydrogen) atoms. The quantitative estimate of drug-likeness (QED) is 0.791. The lowest BCUT2D eigenvalue weighted by molar-refractivity contribution is -0.138. The minimum Gasteiger partial charge on any atom is -0.342 e. The highest BCUT2D eigenvalue weighted by molar-refractivity contribution is 7.91.